The number of likely N-dealkylation sites (tertiary alicyclic amines) is 1. The number of esters is 1. The van der Waals surface area contributed by atoms with Crippen molar-refractivity contribution in [1.82, 2.24) is 10.2 Å². The number of amides is 2. The van der Waals surface area contributed by atoms with Crippen LogP contribution in [0.5, 0.6) is 5.75 Å². The van der Waals surface area contributed by atoms with E-state index < -0.39 is 17.6 Å². The number of hydrogen-bond donors (Lipinski definition) is 2. The van der Waals surface area contributed by atoms with Gasteiger partial charge in [0, 0.05) is 18.9 Å². The average Bonchev–Trinajstić information content (AvgIpc) is 2.90. The van der Waals surface area contributed by atoms with Crippen molar-refractivity contribution in [3.63, 3.8) is 0 Å². The van der Waals surface area contributed by atoms with Gasteiger partial charge >= 0.3 is 5.97 Å². The molecule has 0 aromatic heterocycles. The van der Waals surface area contributed by atoms with E-state index in [1.54, 1.807) is 6.07 Å². The van der Waals surface area contributed by atoms with Crippen LogP contribution in [0.25, 0.3) is 0 Å². The number of carbonyl (C=O) groups excluding carboxylic acids is 3. The van der Waals surface area contributed by atoms with Crippen LogP contribution in [-0.2, 0) is 19.1 Å². The minimum absolute atomic E-state index is 0.116. The van der Waals surface area contributed by atoms with Crippen molar-refractivity contribution in [2.45, 2.75) is 116 Å². The minimum atomic E-state index is -0.597. The molecule has 2 aliphatic heterocycles. The monoisotopic (exact) mass is 563 g/mol. The molecule has 9 heteroatoms. The lowest BCUT2D eigenvalue weighted by Gasteiger charge is -2.32. The van der Waals surface area contributed by atoms with Gasteiger partial charge in [-0.2, -0.15) is 0 Å². The Morgan fingerprint density at radius 2 is 1.70 bits per heavy atom. The molecule has 2 fully saturated rings. The molecule has 8 nitrogen and oxygen atoms in total. The van der Waals surface area contributed by atoms with Crippen LogP contribution in [0.2, 0.25) is 0 Å². The number of methoxy groups -OCH3 is 1. The molecule has 2 heterocycles. The van der Waals surface area contributed by atoms with Gasteiger partial charge in [-0.05, 0) is 90.1 Å². The molecule has 0 bridgehead atoms. The van der Waals surface area contributed by atoms with Crippen molar-refractivity contribution in [1.29, 1.82) is 0 Å². The molecule has 0 aliphatic carbocycles. The highest BCUT2D eigenvalue weighted by Crippen LogP contribution is 2.36. The van der Waals surface area contributed by atoms with Crippen LogP contribution in [0.15, 0.2) is 12.1 Å². The lowest BCUT2D eigenvalue weighted by molar-refractivity contribution is -0.155. The van der Waals surface area contributed by atoms with E-state index in [1.165, 1.54) is 13.2 Å². The minimum Gasteiger partial charge on any atom is -0.495 e. The normalized spacial score (nSPS) is 18.4. The summed E-state index contributed by atoms with van der Waals surface area (Å²) in [5.74, 6) is -0.484. The molecule has 0 spiro atoms. The summed E-state index contributed by atoms with van der Waals surface area (Å²) in [4.78, 5) is 37.7. The first-order valence-corrected chi connectivity index (χ1v) is 15.0. The topological polar surface area (TPSA) is 97.0 Å². The molecule has 2 amide bonds. The van der Waals surface area contributed by atoms with Gasteiger partial charge in [-0.25, -0.2) is 4.39 Å². The third kappa shape index (κ3) is 11.1. The molecule has 226 valence electrons. The molecule has 40 heavy (non-hydrogen) atoms. The maximum absolute atomic E-state index is 15.1. The summed E-state index contributed by atoms with van der Waals surface area (Å²) in [5.41, 5.74) is 0.660. The van der Waals surface area contributed by atoms with E-state index in [0.29, 0.717) is 29.8 Å². The van der Waals surface area contributed by atoms with E-state index in [1.807, 2.05) is 34.6 Å². The van der Waals surface area contributed by atoms with Crippen LogP contribution in [0.4, 0.5) is 10.1 Å². The zero-order valence-corrected chi connectivity index (χ0v) is 25.4. The Balaban J connectivity index is 0.00000274. The predicted molar refractivity (Wildman–Crippen MR) is 156 cm³/mol. The second-order valence-corrected chi connectivity index (χ2v) is 11.4. The Morgan fingerprint density at radius 3 is 2.33 bits per heavy atom. The number of unbranched alkanes of at least 4 members (excludes halogenated alkanes) is 4. The number of halogens is 1. The summed E-state index contributed by atoms with van der Waals surface area (Å²) >= 11 is 0. The second kappa shape index (κ2) is 16.6. The average molecular weight is 564 g/mol. The third-order valence-corrected chi connectivity index (χ3v) is 7.19. The fourth-order valence-corrected chi connectivity index (χ4v) is 5.18. The molecule has 1 atom stereocenters. The number of rotatable bonds is 12. The molecule has 0 saturated carbocycles. The SMILES string of the molecule is CC.COc1cc(C2CCN(CCCCCCCC(=O)OC(C)(C)C)CC2)c(F)cc1NC1CCC(=O)NC1=O. The van der Waals surface area contributed by atoms with Crippen molar-refractivity contribution in [3.05, 3.63) is 23.5 Å². The van der Waals surface area contributed by atoms with Crippen LogP contribution in [0.1, 0.15) is 110 Å². The van der Waals surface area contributed by atoms with Crippen LogP contribution >= 0.6 is 0 Å². The Hall–Kier alpha value is -2.68. The van der Waals surface area contributed by atoms with E-state index in [4.69, 9.17) is 9.47 Å². The Morgan fingerprint density at radius 1 is 1.05 bits per heavy atom. The third-order valence-electron chi connectivity index (χ3n) is 7.19. The summed E-state index contributed by atoms with van der Waals surface area (Å²) in [6.07, 6.45) is 8.16. The lowest BCUT2D eigenvalue weighted by atomic mass is 9.88. The van der Waals surface area contributed by atoms with Crippen molar-refractivity contribution in [2.75, 3.05) is 32.1 Å². The number of nitrogens with one attached hydrogen (secondary N) is 2. The van der Waals surface area contributed by atoms with Gasteiger partial charge in [-0.15, -0.1) is 0 Å². The van der Waals surface area contributed by atoms with Gasteiger partial charge in [0.05, 0.1) is 12.8 Å². The van der Waals surface area contributed by atoms with Gasteiger partial charge in [0.2, 0.25) is 11.8 Å². The van der Waals surface area contributed by atoms with Crippen LogP contribution in [-0.4, -0.2) is 61.1 Å². The number of anilines is 1. The molecular formula is C31H50FN3O5. The lowest BCUT2D eigenvalue weighted by Crippen LogP contribution is -2.47. The van der Waals surface area contributed by atoms with Crippen LogP contribution in [0, 0.1) is 5.82 Å². The molecule has 1 aromatic carbocycles. The van der Waals surface area contributed by atoms with E-state index in [9.17, 15) is 14.4 Å². The number of nitrogens with zero attached hydrogens (tertiary/aromatic N) is 1. The van der Waals surface area contributed by atoms with E-state index >= 15 is 4.39 Å². The Bertz CT molecular complexity index is 970. The first-order valence-electron chi connectivity index (χ1n) is 15.0. The summed E-state index contributed by atoms with van der Waals surface area (Å²) < 4.78 is 26.0. The van der Waals surface area contributed by atoms with Gasteiger partial charge < -0.3 is 19.7 Å². The summed E-state index contributed by atoms with van der Waals surface area (Å²) in [7, 11) is 1.53. The molecule has 1 unspecified atom stereocenters. The fraction of sp³-hybridized carbons (Fsp3) is 0.710. The number of piperidine rings is 2. The van der Waals surface area contributed by atoms with Crippen molar-refractivity contribution < 1.29 is 28.2 Å². The molecule has 0 radical (unpaired) electrons. The van der Waals surface area contributed by atoms with Gasteiger partial charge in [0.15, 0.2) is 0 Å². The second-order valence-electron chi connectivity index (χ2n) is 11.4. The Kier molecular flexibility index (Phi) is 13.9. The smallest absolute Gasteiger partial charge is 0.306 e. The fourth-order valence-electron chi connectivity index (χ4n) is 5.18. The molecule has 2 aliphatic rings. The maximum Gasteiger partial charge on any atom is 0.306 e. The van der Waals surface area contributed by atoms with Gasteiger partial charge in [0.1, 0.15) is 23.2 Å². The zero-order valence-electron chi connectivity index (χ0n) is 25.4. The van der Waals surface area contributed by atoms with Crippen molar-refractivity contribution >= 4 is 23.5 Å². The molecule has 1 aromatic rings. The summed E-state index contributed by atoms with van der Waals surface area (Å²) in [6.45, 7) is 12.6. The van der Waals surface area contributed by atoms with Crippen molar-refractivity contribution in [2.24, 2.45) is 0 Å². The highest BCUT2D eigenvalue weighted by molar-refractivity contribution is 6.01. The number of imide groups is 1. The highest BCUT2D eigenvalue weighted by Gasteiger charge is 2.29. The maximum atomic E-state index is 15.1. The zero-order chi connectivity index (χ0) is 29.7. The van der Waals surface area contributed by atoms with E-state index in [-0.39, 0.29) is 30.0 Å². The summed E-state index contributed by atoms with van der Waals surface area (Å²) in [6, 6.07) is 2.56. The molecule has 3 rings (SSSR count). The first kappa shape index (κ1) is 33.5. The predicted octanol–water partition coefficient (Wildman–Crippen LogP) is 5.94. The van der Waals surface area contributed by atoms with Gasteiger partial charge in [-0.3, -0.25) is 19.7 Å². The quantitative estimate of drug-likeness (QED) is 0.185. The first-order chi connectivity index (χ1) is 19.1. The molecule has 2 saturated heterocycles. The number of benzene rings is 1. The summed E-state index contributed by atoms with van der Waals surface area (Å²) in [5, 5.41) is 5.35. The van der Waals surface area contributed by atoms with Crippen LogP contribution < -0.4 is 15.4 Å². The van der Waals surface area contributed by atoms with Gasteiger partial charge in [0.25, 0.3) is 0 Å². The standard InChI is InChI=1S/C29H44FN3O5.C2H6/c1-29(2,3)38-27(35)10-8-6-5-7-9-15-33-16-13-20(14-17-33)21-18-25(37-4)24(19-22(21)30)31-23-11-12-26(34)32-28(23)36;1-2/h18-20,23,31H,5-17H2,1-4H3,(H,32,34,36);1-2H3. The number of ether oxygens (including phenoxy) is 2. The van der Waals surface area contributed by atoms with E-state index in [0.717, 1.165) is 64.6 Å². The Labute approximate surface area is 239 Å². The number of carbonyl (C=O) groups is 3. The molecular weight excluding hydrogens is 513 g/mol. The van der Waals surface area contributed by atoms with Gasteiger partial charge in [-0.1, -0.05) is 33.1 Å². The highest BCUT2D eigenvalue weighted by atomic mass is 19.1. The van der Waals surface area contributed by atoms with E-state index in [2.05, 4.69) is 15.5 Å². The molecule has 2 N–H and O–H groups in total. The largest absolute Gasteiger partial charge is 0.495 e. The van der Waals surface area contributed by atoms with Crippen LogP contribution in [0.3, 0.4) is 0 Å². The van der Waals surface area contributed by atoms with Crippen molar-refractivity contribution in [3.8, 4) is 5.75 Å². The number of hydrogen-bond acceptors (Lipinski definition) is 7.